The van der Waals surface area contributed by atoms with E-state index < -0.39 is 111 Å². The fourth-order valence-electron chi connectivity index (χ4n) is 5.16. The van der Waals surface area contributed by atoms with Crippen LogP contribution in [0.3, 0.4) is 0 Å². The summed E-state index contributed by atoms with van der Waals surface area (Å²) in [6.45, 7) is -3.24. The van der Waals surface area contributed by atoms with Crippen molar-refractivity contribution in [3.8, 4) is 5.75 Å². The maximum atomic E-state index is 13.1. The first kappa shape index (κ1) is 46.0. The van der Waals surface area contributed by atoms with Crippen molar-refractivity contribution in [2.75, 3.05) is 39.3 Å². The van der Waals surface area contributed by atoms with E-state index in [1.807, 2.05) is 18.2 Å². The van der Waals surface area contributed by atoms with Gasteiger partial charge >= 0.3 is 0 Å². The molecule has 0 fully saturated rings. The molecule has 0 aliphatic rings. The fraction of sp³-hybridized carbons (Fsp3) is 0.308. The Kier molecular flexibility index (Phi) is 19.0. The van der Waals surface area contributed by atoms with Gasteiger partial charge in [0.05, 0.1) is 45.3 Å². The summed E-state index contributed by atoms with van der Waals surface area (Å²) < 4.78 is 0. The molecule has 3 atom stereocenters. The summed E-state index contributed by atoms with van der Waals surface area (Å²) in [5, 5.41) is 28.4. The Bertz CT molecular complexity index is 1930. The molecule has 0 aliphatic heterocycles. The Morgan fingerprint density at radius 3 is 1.25 bits per heavy atom. The SMILES string of the molecule is NC(=O)[C@H](Cc1ccccc1)NC(=O)CNC(=O)CNC(=O)CNC(=O)[C@H](Cc1ccc(O)cc1)NC(=O)CNC(=O)CNC(=O)CNC(=O)[C@@H](N)Cc1ccccc1. The van der Waals surface area contributed by atoms with Gasteiger partial charge in [0.15, 0.2) is 0 Å². The molecular weight excluding hydrogens is 768 g/mol. The zero-order chi connectivity index (χ0) is 43.2. The van der Waals surface area contributed by atoms with Gasteiger partial charge in [0.2, 0.25) is 53.2 Å². The van der Waals surface area contributed by atoms with Gasteiger partial charge in [-0.3, -0.25) is 43.2 Å². The van der Waals surface area contributed by atoms with Crippen molar-refractivity contribution in [2.24, 2.45) is 11.5 Å². The van der Waals surface area contributed by atoms with Gasteiger partial charge in [-0.25, -0.2) is 0 Å². The van der Waals surface area contributed by atoms with E-state index in [0.29, 0.717) is 5.56 Å². The van der Waals surface area contributed by atoms with Crippen LogP contribution in [0, 0.1) is 0 Å². The molecule has 59 heavy (non-hydrogen) atoms. The first-order valence-electron chi connectivity index (χ1n) is 18.3. The molecule has 0 aliphatic carbocycles. The van der Waals surface area contributed by atoms with Crippen molar-refractivity contribution < 1.29 is 48.3 Å². The Labute approximate surface area is 339 Å². The van der Waals surface area contributed by atoms with Crippen molar-refractivity contribution >= 4 is 53.2 Å². The van der Waals surface area contributed by atoms with E-state index in [0.717, 1.165) is 11.1 Å². The molecule has 3 aromatic carbocycles. The molecule has 20 nitrogen and oxygen atoms in total. The van der Waals surface area contributed by atoms with Crippen LogP contribution < -0.4 is 54.0 Å². The van der Waals surface area contributed by atoms with Gasteiger partial charge in [0.25, 0.3) is 0 Å². The lowest BCUT2D eigenvalue weighted by Crippen LogP contribution is -2.53. The van der Waals surface area contributed by atoms with Crippen LogP contribution in [0.5, 0.6) is 5.75 Å². The van der Waals surface area contributed by atoms with E-state index in [1.54, 1.807) is 42.5 Å². The zero-order valence-electron chi connectivity index (χ0n) is 32.0. The van der Waals surface area contributed by atoms with Crippen LogP contribution >= 0.6 is 0 Å². The minimum atomic E-state index is -1.26. The predicted octanol–water partition coefficient (Wildman–Crippen LogP) is -4.10. The summed E-state index contributed by atoms with van der Waals surface area (Å²) in [6.07, 6.45) is 0.318. The molecule has 0 radical (unpaired) electrons. The largest absolute Gasteiger partial charge is 0.508 e. The van der Waals surface area contributed by atoms with Crippen LogP contribution in [0.1, 0.15) is 16.7 Å². The van der Waals surface area contributed by atoms with E-state index >= 15 is 0 Å². The number of nitrogens with one attached hydrogen (secondary N) is 8. The summed E-state index contributed by atoms with van der Waals surface area (Å²) in [6, 6.07) is 20.5. The molecule has 0 aromatic heterocycles. The van der Waals surface area contributed by atoms with E-state index in [4.69, 9.17) is 11.5 Å². The lowest BCUT2D eigenvalue weighted by atomic mass is 10.0. The number of aromatic hydroxyl groups is 1. The monoisotopic (exact) mass is 816 g/mol. The summed E-state index contributed by atoms with van der Waals surface area (Å²) in [5.41, 5.74) is 13.4. The van der Waals surface area contributed by atoms with Crippen LogP contribution in [0.15, 0.2) is 84.9 Å². The summed E-state index contributed by atoms with van der Waals surface area (Å²) >= 11 is 0. The molecule has 314 valence electrons. The molecule has 0 unspecified atom stereocenters. The van der Waals surface area contributed by atoms with Crippen LogP contribution in [0.25, 0.3) is 0 Å². The van der Waals surface area contributed by atoms with Crippen LogP contribution in [0.4, 0.5) is 0 Å². The number of nitrogens with two attached hydrogens (primary N) is 2. The number of rotatable bonds is 23. The smallest absolute Gasteiger partial charge is 0.243 e. The molecule has 0 saturated carbocycles. The second-order valence-corrected chi connectivity index (χ2v) is 13.0. The quantitative estimate of drug-likeness (QED) is 0.0437. The highest BCUT2D eigenvalue weighted by molar-refractivity contribution is 5.94. The number of hydrogen-bond donors (Lipinski definition) is 11. The molecule has 3 rings (SSSR count). The number of carbonyl (C=O) groups excluding carboxylic acids is 9. The third kappa shape index (κ3) is 18.4. The molecule has 0 saturated heterocycles. The highest BCUT2D eigenvalue weighted by atomic mass is 16.3. The van der Waals surface area contributed by atoms with E-state index in [9.17, 15) is 48.3 Å². The van der Waals surface area contributed by atoms with Crippen molar-refractivity contribution in [1.82, 2.24) is 42.5 Å². The first-order valence-corrected chi connectivity index (χ1v) is 18.3. The van der Waals surface area contributed by atoms with Gasteiger partial charge in [-0.2, -0.15) is 0 Å². The van der Waals surface area contributed by atoms with Crippen LogP contribution in [-0.4, -0.2) is 116 Å². The lowest BCUT2D eigenvalue weighted by Gasteiger charge is -2.19. The van der Waals surface area contributed by atoms with Crippen molar-refractivity contribution in [3.05, 3.63) is 102 Å². The lowest BCUT2D eigenvalue weighted by molar-refractivity contribution is -0.131. The molecule has 13 N–H and O–H groups in total. The fourth-order valence-corrected chi connectivity index (χ4v) is 5.16. The first-order chi connectivity index (χ1) is 28.2. The van der Waals surface area contributed by atoms with Crippen molar-refractivity contribution in [3.63, 3.8) is 0 Å². The number of primary amides is 1. The van der Waals surface area contributed by atoms with E-state index in [1.165, 1.54) is 24.3 Å². The summed E-state index contributed by atoms with van der Waals surface area (Å²) in [5.74, 6) is -6.62. The maximum Gasteiger partial charge on any atom is 0.243 e. The second-order valence-electron chi connectivity index (χ2n) is 13.0. The summed E-state index contributed by atoms with van der Waals surface area (Å²) in [4.78, 5) is 111. The highest BCUT2D eigenvalue weighted by Crippen LogP contribution is 2.11. The Morgan fingerprint density at radius 2 is 0.797 bits per heavy atom. The van der Waals surface area contributed by atoms with Gasteiger partial charge in [0.1, 0.15) is 17.8 Å². The summed E-state index contributed by atoms with van der Waals surface area (Å²) in [7, 11) is 0. The van der Waals surface area contributed by atoms with E-state index in [2.05, 4.69) is 42.5 Å². The average Bonchev–Trinajstić information content (AvgIpc) is 3.22. The Balaban J connectivity index is 1.39. The standard InChI is InChI=1S/C39H48N10O10/c40-28(15-24-7-3-1-4-8-24)38(58)46-20-33(53)42-18-32(52)45-23-36(56)49-30(17-26-11-13-27(50)14-12-26)39(59)47-21-34(54)43-19-31(51)44-22-35(55)48-29(37(41)57)16-25-9-5-2-6-10-25/h1-14,28-30,50H,15-23,40H2,(H2,41,57)(H,42,53)(H,43,54)(H,44,51)(H,45,52)(H,46,58)(H,47,59)(H,48,55)(H,49,56)/t28-,29-,30-/m0/s1. The molecule has 0 bridgehead atoms. The number of benzene rings is 3. The minimum absolute atomic E-state index is 0.0399. The predicted molar refractivity (Wildman–Crippen MR) is 211 cm³/mol. The van der Waals surface area contributed by atoms with E-state index in [-0.39, 0.29) is 25.0 Å². The number of hydrogen-bond acceptors (Lipinski definition) is 11. The van der Waals surface area contributed by atoms with Crippen molar-refractivity contribution in [1.29, 1.82) is 0 Å². The molecule has 3 aromatic rings. The molecule has 9 amide bonds. The van der Waals surface area contributed by atoms with Crippen molar-refractivity contribution in [2.45, 2.75) is 37.4 Å². The van der Waals surface area contributed by atoms with Crippen LogP contribution in [-0.2, 0) is 62.4 Å². The molecule has 0 spiro atoms. The third-order valence-electron chi connectivity index (χ3n) is 8.26. The minimum Gasteiger partial charge on any atom is -0.508 e. The zero-order valence-corrected chi connectivity index (χ0v) is 32.0. The normalized spacial score (nSPS) is 11.9. The van der Waals surface area contributed by atoms with Gasteiger partial charge in [0, 0.05) is 12.8 Å². The number of carbonyl (C=O) groups is 9. The number of amides is 9. The van der Waals surface area contributed by atoms with Gasteiger partial charge < -0.3 is 59.1 Å². The Morgan fingerprint density at radius 1 is 0.441 bits per heavy atom. The molecular formula is C39H48N10O10. The third-order valence-corrected chi connectivity index (χ3v) is 8.26. The average molecular weight is 817 g/mol. The van der Waals surface area contributed by atoms with Crippen LogP contribution in [0.2, 0.25) is 0 Å². The molecule has 0 heterocycles. The topological polar surface area (TPSA) is 322 Å². The second kappa shape index (κ2) is 24.3. The number of phenols is 1. The van der Waals surface area contributed by atoms with Gasteiger partial charge in [-0.15, -0.1) is 0 Å². The Hall–Kier alpha value is -7.35. The number of phenolic OH excluding ortho intramolecular Hbond substituents is 1. The highest BCUT2D eigenvalue weighted by Gasteiger charge is 2.23. The van der Waals surface area contributed by atoms with Gasteiger partial charge in [-0.05, 0) is 35.2 Å². The van der Waals surface area contributed by atoms with Gasteiger partial charge in [-0.1, -0.05) is 72.8 Å². The molecule has 20 heteroatoms. The maximum absolute atomic E-state index is 13.1.